The SMILES string of the molecule is Clc1ccc([C@@H]2Nc3ccccc3Nc3c2c(-c2ccccc2)nn3-c2ccccc2)cc1. The number of aromatic nitrogens is 2. The van der Waals surface area contributed by atoms with Crippen LogP contribution in [0.5, 0.6) is 0 Å². The van der Waals surface area contributed by atoms with Gasteiger partial charge in [0.05, 0.1) is 23.1 Å². The highest BCUT2D eigenvalue weighted by Gasteiger charge is 2.31. The average Bonchev–Trinajstić information content (AvgIpc) is 3.15. The zero-order valence-corrected chi connectivity index (χ0v) is 18.5. The number of para-hydroxylation sites is 3. The number of hydrogen-bond donors (Lipinski definition) is 2. The largest absolute Gasteiger partial charge is 0.372 e. The van der Waals surface area contributed by atoms with Gasteiger partial charge in [0.15, 0.2) is 0 Å². The van der Waals surface area contributed by atoms with E-state index in [1.54, 1.807) is 0 Å². The Morgan fingerprint density at radius 1 is 0.697 bits per heavy atom. The molecule has 0 fully saturated rings. The van der Waals surface area contributed by atoms with Gasteiger partial charge in [0.1, 0.15) is 11.5 Å². The van der Waals surface area contributed by atoms with E-state index < -0.39 is 0 Å². The van der Waals surface area contributed by atoms with Crippen molar-refractivity contribution in [1.29, 1.82) is 0 Å². The van der Waals surface area contributed by atoms with E-state index in [4.69, 9.17) is 16.7 Å². The third kappa shape index (κ3) is 3.55. The standard InChI is InChI=1S/C28H21ClN4/c29-21-17-15-20(16-18-21)26-25-27(19-9-3-1-4-10-19)32-33(22-11-5-2-6-12-22)28(25)31-24-14-8-7-13-23(24)30-26/h1-18,26,30-31H/t26-/m0/s1. The Balaban J connectivity index is 1.66. The zero-order valence-electron chi connectivity index (χ0n) is 17.7. The normalized spacial score (nSPS) is 14.4. The molecule has 160 valence electrons. The minimum atomic E-state index is -0.124. The molecule has 5 heteroatoms. The third-order valence-electron chi connectivity index (χ3n) is 5.94. The quantitative estimate of drug-likeness (QED) is 0.301. The van der Waals surface area contributed by atoms with E-state index >= 15 is 0 Å². The zero-order chi connectivity index (χ0) is 22.2. The fourth-order valence-corrected chi connectivity index (χ4v) is 4.49. The van der Waals surface area contributed by atoms with Crippen molar-refractivity contribution < 1.29 is 0 Å². The predicted octanol–water partition coefficient (Wildman–Crippen LogP) is 7.45. The molecule has 4 nitrogen and oxygen atoms in total. The number of halogens is 1. The molecule has 1 aliphatic rings. The van der Waals surface area contributed by atoms with Crippen molar-refractivity contribution in [3.63, 3.8) is 0 Å². The Kier molecular flexibility index (Phi) is 4.85. The van der Waals surface area contributed by atoms with E-state index in [0.717, 1.165) is 50.3 Å². The molecular formula is C28H21ClN4. The van der Waals surface area contributed by atoms with E-state index in [0.29, 0.717) is 0 Å². The number of benzene rings is 4. The first-order valence-corrected chi connectivity index (χ1v) is 11.3. The van der Waals surface area contributed by atoms with Crippen LogP contribution in [-0.2, 0) is 0 Å². The van der Waals surface area contributed by atoms with Gasteiger partial charge in [-0.25, -0.2) is 4.68 Å². The lowest BCUT2D eigenvalue weighted by Crippen LogP contribution is -2.12. The van der Waals surface area contributed by atoms with E-state index in [1.807, 2.05) is 65.3 Å². The molecule has 0 spiro atoms. The molecule has 5 aromatic rings. The Labute approximate surface area is 197 Å². The molecule has 0 saturated carbocycles. The molecule has 1 aromatic heterocycles. The van der Waals surface area contributed by atoms with Crippen molar-refractivity contribution in [1.82, 2.24) is 9.78 Å². The van der Waals surface area contributed by atoms with Gasteiger partial charge in [-0.3, -0.25) is 0 Å². The summed E-state index contributed by atoms with van der Waals surface area (Å²) < 4.78 is 2.00. The summed E-state index contributed by atoms with van der Waals surface area (Å²) in [5.74, 6) is 0.942. The number of hydrogen-bond acceptors (Lipinski definition) is 3. The summed E-state index contributed by atoms with van der Waals surface area (Å²) in [6, 6.07) is 36.7. The Hall–Kier alpha value is -4.02. The van der Waals surface area contributed by atoms with Crippen LogP contribution in [0, 0.1) is 0 Å². The molecule has 2 heterocycles. The summed E-state index contributed by atoms with van der Waals surface area (Å²) in [5, 5.41) is 13.3. The fourth-order valence-electron chi connectivity index (χ4n) is 4.37. The maximum atomic E-state index is 6.23. The van der Waals surface area contributed by atoms with Crippen LogP contribution in [0.1, 0.15) is 17.2 Å². The summed E-state index contributed by atoms with van der Waals surface area (Å²) in [6.45, 7) is 0. The summed E-state index contributed by atoms with van der Waals surface area (Å²) in [5.41, 5.74) is 7.24. The third-order valence-corrected chi connectivity index (χ3v) is 6.19. The maximum absolute atomic E-state index is 6.23. The van der Waals surface area contributed by atoms with Crippen molar-refractivity contribution in [2.75, 3.05) is 10.6 Å². The van der Waals surface area contributed by atoms with Gasteiger partial charge in [-0.15, -0.1) is 0 Å². The second-order valence-corrected chi connectivity index (χ2v) is 8.46. The van der Waals surface area contributed by atoms with E-state index in [-0.39, 0.29) is 6.04 Å². The average molecular weight is 449 g/mol. The molecule has 4 aromatic carbocycles. The molecule has 33 heavy (non-hydrogen) atoms. The molecule has 6 rings (SSSR count). The Morgan fingerprint density at radius 3 is 2.06 bits per heavy atom. The molecule has 1 aliphatic heterocycles. The Morgan fingerprint density at radius 2 is 1.33 bits per heavy atom. The molecule has 0 saturated heterocycles. The van der Waals surface area contributed by atoms with Crippen LogP contribution in [0.3, 0.4) is 0 Å². The molecule has 0 bridgehead atoms. The van der Waals surface area contributed by atoms with Crippen LogP contribution >= 0.6 is 11.6 Å². The Bertz CT molecular complexity index is 1410. The smallest absolute Gasteiger partial charge is 0.140 e. The molecule has 0 radical (unpaired) electrons. The summed E-state index contributed by atoms with van der Waals surface area (Å²) in [7, 11) is 0. The molecule has 0 amide bonds. The van der Waals surface area contributed by atoms with Gasteiger partial charge in [-0.05, 0) is 42.0 Å². The summed E-state index contributed by atoms with van der Waals surface area (Å²) in [4.78, 5) is 0. The van der Waals surface area contributed by atoms with Crippen LogP contribution in [-0.4, -0.2) is 9.78 Å². The topological polar surface area (TPSA) is 41.9 Å². The minimum absolute atomic E-state index is 0.124. The number of fused-ring (bicyclic) bond motifs is 2. The number of anilines is 3. The van der Waals surface area contributed by atoms with Crippen molar-refractivity contribution >= 4 is 28.8 Å². The van der Waals surface area contributed by atoms with Crippen molar-refractivity contribution in [2.24, 2.45) is 0 Å². The van der Waals surface area contributed by atoms with Gasteiger partial charge >= 0.3 is 0 Å². The first-order chi connectivity index (χ1) is 16.3. The summed E-state index contributed by atoms with van der Waals surface area (Å²) in [6.07, 6.45) is 0. The monoisotopic (exact) mass is 448 g/mol. The first kappa shape index (κ1) is 19.6. The highest BCUT2D eigenvalue weighted by Crippen LogP contribution is 2.45. The number of rotatable bonds is 3. The molecule has 1 atom stereocenters. The lowest BCUT2D eigenvalue weighted by molar-refractivity contribution is 0.891. The van der Waals surface area contributed by atoms with Crippen LogP contribution in [0.25, 0.3) is 16.9 Å². The highest BCUT2D eigenvalue weighted by molar-refractivity contribution is 6.30. The fraction of sp³-hybridized carbons (Fsp3) is 0.0357. The number of nitrogens with one attached hydrogen (secondary N) is 2. The van der Waals surface area contributed by atoms with Crippen LogP contribution in [0.15, 0.2) is 109 Å². The van der Waals surface area contributed by atoms with Gasteiger partial charge in [-0.1, -0.05) is 84.4 Å². The summed E-state index contributed by atoms with van der Waals surface area (Å²) >= 11 is 6.23. The highest BCUT2D eigenvalue weighted by atomic mass is 35.5. The van der Waals surface area contributed by atoms with E-state index in [9.17, 15) is 0 Å². The van der Waals surface area contributed by atoms with Gasteiger partial charge in [0, 0.05) is 16.1 Å². The number of nitrogens with zero attached hydrogens (tertiary/aromatic N) is 2. The lowest BCUT2D eigenvalue weighted by atomic mass is 9.95. The molecule has 2 N–H and O–H groups in total. The first-order valence-electron chi connectivity index (χ1n) is 10.9. The van der Waals surface area contributed by atoms with Gasteiger partial charge in [0.2, 0.25) is 0 Å². The molecule has 0 unspecified atom stereocenters. The predicted molar refractivity (Wildman–Crippen MR) is 136 cm³/mol. The molecular weight excluding hydrogens is 428 g/mol. The maximum Gasteiger partial charge on any atom is 0.140 e. The van der Waals surface area contributed by atoms with Crippen LogP contribution in [0.2, 0.25) is 5.02 Å². The van der Waals surface area contributed by atoms with Crippen molar-refractivity contribution in [3.8, 4) is 16.9 Å². The van der Waals surface area contributed by atoms with Crippen molar-refractivity contribution in [2.45, 2.75) is 6.04 Å². The van der Waals surface area contributed by atoms with Crippen LogP contribution in [0.4, 0.5) is 17.2 Å². The second-order valence-electron chi connectivity index (χ2n) is 8.02. The molecule has 0 aliphatic carbocycles. The van der Waals surface area contributed by atoms with Crippen molar-refractivity contribution in [3.05, 3.63) is 125 Å². The second kappa shape index (κ2) is 8.15. The van der Waals surface area contributed by atoms with Crippen LogP contribution < -0.4 is 10.6 Å². The van der Waals surface area contributed by atoms with Gasteiger partial charge in [0.25, 0.3) is 0 Å². The van der Waals surface area contributed by atoms with E-state index in [1.165, 1.54) is 0 Å². The van der Waals surface area contributed by atoms with Gasteiger partial charge < -0.3 is 10.6 Å². The lowest BCUT2D eigenvalue weighted by Gasteiger charge is -2.20. The van der Waals surface area contributed by atoms with E-state index in [2.05, 4.69) is 59.2 Å². The van der Waals surface area contributed by atoms with Gasteiger partial charge in [-0.2, -0.15) is 5.10 Å². The minimum Gasteiger partial charge on any atom is -0.372 e.